The minimum absolute atomic E-state index is 0.111. The van der Waals surface area contributed by atoms with E-state index in [4.69, 9.17) is 0 Å². The second-order valence-electron chi connectivity index (χ2n) is 4.23. The third-order valence-corrected chi connectivity index (χ3v) is 3.17. The number of hydrogen-bond acceptors (Lipinski definition) is 5. The van der Waals surface area contributed by atoms with Gasteiger partial charge in [0, 0.05) is 32.2 Å². The molecule has 1 aliphatic heterocycles. The van der Waals surface area contributed by atoms with Crippen LogP contribution in [0.3, 0.4) is 0 Å². The van der Waals surface area contributed by atoms with E-state index in [1.807, 2.05) is 6.92 Å². The standard InChI is InChI=1S/C9H20N4O3S/c1-7-5-12-8(6-11-7)9(14)10-3-4-13-17(2,15)16/h7-8,11-13H,3-6H2,1-2H3,(H,10,14). The number of hydrogen-bond donors (Lipinski definition) is 4. The number of carbonyl (C=O) groups is 1. The molecule has 0 saturated carbocycles. The summed E-state index contributed by atoms with van der Waals surface area (Å²) in [5.41, 5.74) is 0. The molecule has 7 nitrogen and oxygen atoms in total. The van der Waals surface area contributed by atoms with Gasteiger partial charge in [0.2, 0.25) is 15.9 Å². The Labute approximate surface area is 102 Å². The molecule has 1 amide bonds. The summed E-state index contributed by atoms with van der Waals surface area (Å²) in [6, 6.07) is 0.121. The molecule has 2 atom stereocenters. The lowest BCUT2D eigenvalue weighted by Crippen LogP contribution is -2.59. The molecule has 0 radical (unpaired) electrons. The van der Waals surface area contributed by atoms with Gasteiger partial charge in [-0.05, 0) is 6.92 Å². The van der Waals surface area contributed by atoms with Crippen molar-refractivity contribution in [1.82, 2.24) is 20.7 Å². The highest BCUT2D eigenvalue weighted by Crippen LogP contribution is 1.92. The Bertz CT molecular complexity index is 349. The van der Waals surface area contributed by atoms with Gasteiger partial charge in [-0.15, -0.1) is 0 Å². The minimum atomic E-state index is -3.18. The van der Waals surface area contributed by atoms with Crippen LogP contribution in [0.1, 0.15) is 6.92 Å². The van der Waals surface area contributed by atoms with Gasteiger partial charge in [0.25, 0.3) is 0 Å². The van der Waals surface area contributed by atoms with Gasteiger partial charge in [-0.1, -0.05) is 0 Å². The van der Waals surface area contributed by atoms with E-state index in [9.17, 15) is 13.2 Å². The summed E-state index contributed by atoms with van der Waals surface area (Å²) in [6.45, 7) is 3.88. The van der Waals surface area contributed by atoms with E-state index < -0.39 is 10.0 Å². The first-order valence-electron chi connectivity index (χ1n) is 5.57. The van der Waals surface area contributed by atoms with Crippen molar-refractivity contribution >= 4 is 15.9 Å². The summed E-state index contributed by atoms with van der Waals surface area (Å²) in [7, 11) is -3.18. The number of piperazine rings is 1. The molecule has 1 rings (SSSR count). The number of sulfonamides is 1. The first-order chi connectivity index (χ1) is 7.88. The summed E-state index contributed by atoms with van der Waals surface area (Å²) < 4.78 is 23.8. The number of nitrogens with one attached hydrogen (secondary N) is 4. The molecule has 1 saturated heterocycles. The van der Waals surface area contributed by atoms with Crippen LogP contribution in [0.15, 0.2) is 0 Å². The zero-order valence-corrected chi connectivity index (χ0v) is 10.9. The largest absolute Gasteiger partial charge is 0.353 e. The average molecular weight is 264 g/mol. The van der Waals surface area contributed by atoms with Crippen molar-refractivity contribution in [3.05, 3.63) is 0 Å². The van der Waals surface area contributed by atoms with Crippen LogP contribution >= 0.6 is 0 Å². The quantitative estimate of drug-likeness (QED) is 0.415. The zero-order chi connectivity index (χ0) is 12.9. The van der Waals surface area contributed by atoms with Crippen molar-refractivity contribution in [3.63, 3.8) is 0 Å². The van der Waals surface area contributed by atoms with Gasteiger partial charge in [-0.2, -0.15) is 0 Å². The summed E-state index contributed by atoms with van der Waals surface area (Å²) in [5, 5.41) is 8.98. The lowest BCUT2D eigenvalue weighted by Gasteiger charge is -2.28. The molecule has 1 fully saturated rings. The van der Waals surface area contributed by atoms with Crippen molar-refractivity contribution in [2.24, 2.45) is 0 Å². The minimum Gasteiger partial charge on any atom is -0.353 e. The highest BCUT2D eigenvalue weighted by molar-refractivity contribution is 7.88. The Morgan fingerprint density at radius 3 is 2.53 bits per heavy atom. The van der Waals surface area contributed by atoms with E-state index in [1.165, 1.54) is 0 Å². The number of carbonyl (C=O) groups excluding carboxylic acids is 1. The molecule has 0 aromatic rings. The second kappa shape index (κ2) is 6.29. The number of rotatable bonds is 5. The molecule has 4 N–H and O–H groups in total. The molecule has 0 spiro atoms. The van der Waals surface area contributed by atoms with E-state index in [-0.39, 0.29) is 18.5 Å². The van der Waals surface area contributed by atoms with Crippen LogP contribution in [0.4, 0.5) is 0 Å². The van der Waals surface area contributed by atoms with Crippen LogP contribution in [0, 0.1) is 0 Å². The molecule has 17 heavy (non-hydrogen) atoms. The molecule has 2 unspecified atom stereocenters. The second-order valence-corrected chi connectivity index (χ2v) is 6.06. The maximum atomic E-state index is 11.6. The highest BCUT2D eigenvalue weighted by atomic mass is 32.2. The van der Waals surface area contributed by atoms with Crippen molar-refractivity contribution in [1.29, 1.82) is 0 Å². The van der Waals surface area contributed by atoms with Crippen LogP contribution in [0.5, 0.6) is 0 Å². The molecular weight excluding hydrogens is 244 g/mol. The maximum absolute atomic E-state index is 11.6. The Morgan fingerprint density at radius 2 is 2.00 bits per heavy atom. The molecule has 8 heteroatoms. The Hall–Kier alpha value is -0.700. The monoisotopic (exact) mass is 264 g/mol. The van der Waals surface area contributed by atoms with E-state index in [0.717, 1.165) is 12.8 Å². The molecule has 0 bridgehead atoms. The normalized spacial score (nSPS) is 25.5. The van der Waals surface area contributed by atoms with Crippen LogP contribution in [-0.4, -0.2) is 58.8 Å². The Balaban J connectivity index is 2.17. The average Bonchev–Trinajstić information content (AvgIpc) is 2.24. The van der Waals surface area contributed by atoms with Crippen LogP contribution in [0.2, 0.25) is 0 Å². The smallest absolute Gasteiger partial charge is 0.238 e. The van der Waals surface area contributed by atoms with Gasteiger partial charge < -0.3 is 16.0 Å². The SMILES string of the molecule is CC1CNC(C(=O)NCCNS(C)(=O)=O)CN1. The molecule has 0 aromatic heterocycles. The molecule has 100 valence electrons. The van der Waals surface area contributed by atoms with Gasteiger partial charge in [0.05, 0.1) is 12.3 Å². The fourth-order valence-corrected chi connectivity index (χ4v) is 1.99. The lowest BCUT2D eigenvalue weighted by molar-refractivity contribution is -0.123. The van der Waals surface area contributed by atoms with E-state index in [0.29, 0.717) is 19.1 Å². The van der Waals surface area contributed by atoms with Crippen LogP contribution in [0.25, 0.3) is 0 Å². The van der Waals surface area contributed by atoms with Gasteiger partial charge in [0.15, 0.2) is 0 Å². The predicted molar refractivity (Wildman–Crippen MR) is 65.1 cm³/mol. The van der Waals surface area contributed by atoms with E-state index in [2.05, 4.69) is 20.7 Å². The number of amides is 1. The van der Waals surface area contributed by atoms with Gasteiger partial charge in [-0.3, -0.25) is 4.79 Å². The summed E-state index contributed by atoms with van der Waals surface area (Å²) in [6.07, 6.45) is 1.09. The maximum Gasteiger partial charge on any atom is 0.238 e. The van der Waals surface area contributed by atoms with Crippen molar-refractivity contribution in [2.75, 3.05) is 32.4 Å². The summed E-state index contributed by atoms with van der Waals surface area (Å²) >= 11 is 0. The van der Waals surface area contributed by atoms with Crippen molar-refractivity contribution < 1.29 is 13.2 Å². The zero-order valence-electron chi connectivity index (χ0n) is 10.1. The molecule has 0 aromatic carbocycles. The fraction of sp³-hybridized carbons (Fsp3) is 0.889. The van der Waals surface area contributed by atoms with Crippen LogP contribution < -0.4 is 20.7 Å². The predicted octanol–water partition coefficient (Wildman–Crippen LogP) is -2.40. The highest BCUT2D eigenvalue weighted by Gasteiger charge is 2.22. The summed E-state index contributed by atoms with van der Waals surface area (Å²) in [4.78, 5) is 11.6. The summed E-state index contributed by atoms with van der Waals surface area (Å²) in [5.74, 6) is -0.111. The topological polar surface area (TPSA) is 99.3 Å². The molecular formula is C9H20N4O3S. The van der Waals surface area contributed by atoms with Gasteiger partial charge in [0.1, 0.15) is 0 Å². The fourth-order valence-electron chi connectivity index (χ4n) is 1.51. The first-order valence-corrected chi connectivity index (χ1v) is 7.47. The van der Waals surface area contributed by atoms with E-state index in [1.54, 1.807) is 0 Å². The molecule has 0 aliphatic carbocycles. The Kier molecular flexibility index (Phi) is 5.31. The molecule has 1 aliphatic rings. The first kappa shape index (κ1) is 14.4. The lowest BCUT2D eigenvalue weighted by atomic mass is 10.1. The van der Waals surface area contributed by atoms with E-state index >= 15 is 0 Å². The van der Waals surface area contributed by atoms with Crippen LogP contribution in [-0.2, 0) is 14.8 Å². The van der Waals surface area contributed by atoms with Gasteiger partial charge >= 0.3 is 0 Å². The van der Waals surface area contributed by atoms with Crippen molar-refractivity contribution in [3.8, 4) is 0 Å². The Morgan fingerprint density at radius 1 is 1.29 bits per heavy atom. The third kappa shape index (κ3) is 5.97. The third-order valence-electron chi connectivity index (χ3n) is 2.45. The van der Waals surface area contributed by atoms with Gasteiger partial charge in [-0.25, -0.2) is 13.1 Å². The molecule has 1 heterocycles. The van der Waals surface area contributed by atoms with Crippen molar-refractivity contribution in [2.45, 2.75) is 19.0 Å².